The number of ether oxygens (including phenoxy) is 1. The van der Waals surface area contributed by atoms with Crippen LogP contribution in [0.5, 0.6) is 5.75 Å². The molecule has 0 aliphatic carbocycles. The topological polar surface area (TPSA) is 21.3 Å². The Kier molecular flexibility index (Phi) is 5.79. The molecule has 0 saturated carbocycles. The molecule has 2 atom stereocenters. The predicted molar refractivity (Wildman–Crippen MR) is 79.8 cm³/mol. The maximum atomic E-state index is 13.4. The van der Waals surface area contributed by atoms with Crippen molar-refractivity contribution in [1.82, 2.24) is 5.32 Å². The third-order valence-corrected chi connectivity index (χ3v) is 4.64. The second-order valence-corrected chi connectivity index (χ2v) is 6.32. The number of halogens is 2. The summed E-state index contributed by atoms with van der Waals surface area (Å²) >= 11 is 7.80. The largest absolute Gasteiger partial charge is 0.488 e. The SMILES string of the molecule is CCSC[C@@H](Oc1cccc(F)c1Cl)[C@H]1CCNC1. The van der Waals surface area contributed by atoms with Gasteiger partial charge >= 0.3 is 0 Å². The van der Waals surface area contributed by atoms with Gasteiger partial charge in [0.25, 0.3) is 0 Å². The minimum Gasteiger partial charge on any atom is -0.488 e. The van der Waals surface area contributed by atoms with Crippen molar-refractivity contribution in [2.24, 2.45) is 5.92 Å². The van der Waals surface area contributed by atoms with Gasteiger partial charge in [0.1, 0.15) is 22.7 Å². The van der Waals surface area contributed by atoms with Crippen LogP contribution in [0.2, 0.25) is 5.02 Å². The first kappa shape index (κ1) is 14.9. The van der Waals surface area contributed by atoms with Gasteiger partial charge in [-0.1, -0.05) is 24.6 Å². The smallest absolute Gasteiger partial charge is 0.145 e. The lowest BCUT2D eigenvalue weighted by Crippen LogP contribution is -2.31. The summed E-state index contributed by atoms with van der Waals surface area (Å²) in [5.41, 5.74) is 0. The van der Waals surface area contributed by atoms with E-state index in [1.165, 1.54) is 6.07 Å². The van der Waals surface area contributed by atoms with Crippen LogP contribution in [0.3, 0.4) is 0 Å². The number of hydrogen-bond donors (Lipinski definition) is 1. The first-order chi connectivity index (χ1) is 9.22. The van der Waals surface area contributed by atoms with Crippen molar-refractivity contribution < 1.29 is 9.13 Å². The van der Waals surface area contributed by atoms with Gasteiger partial charge in [0.2, 0.25) is 0 Å². The summed E-state index contributed by atoms with van der Waals surface area (Å²) in [6.07, 6.45) is 1.18. The molecule has 1 fully saturated rings. The minimum absolute atomic E-state index is 0.0826. The number of nitrogens with one attached hydrogen (secondary N) is 1. The first-order valence-electron chi connectivity index (χ1n) is 6.61. The Morgan fingerprint density at radius 2 is 2.42 bits per heavy atom. The summed E-state index contributed by atoms with van der Waals surface area (Å²) in [6, 6.07) is 4.72. The van der Waals surface area contributed by atoms with Gasteiger partial charge in [0, 0.05) is 18.2 Å². The summed E-state index contributed by atoms with van der Waals surface area (Å²) in [5, 5.41) is 3.43. The van der Waals surface area contributed by atoms with Crippen molar-refractivity contribution in [2.75, 3.05) is 24.6 Å². The van der Waals surface area contributed by atoms with E-state index in [9.17, 15) is 4.39 Å². The van der Waals surface area contributed by atoms with E-state index in [0.717, 1.165) is 31.0 Å². The second kappa shape index (κ2) is 7.36. The number of rotatable bonds is 6. The Labute approximate surface area is 123 Å². The van der Waals surface area contributed by atoms with Crippen LogP contribution in [-0.4, -0.2) is 30.7 Å². The third kappa shape index (κ3) is 4.01. The molecular weight excluding hydrogens is 285 g/mol. The average molecular weight is 304 g/mol. The van der Waals surface area contributed by atoms with E-state index in [1.807, 2.05) is 11.8 Å². The average Bonchev–Trinajstić information content (AvgIpc) is 2.93. The number of hydrogen-bond acceptors (Lipinski definition) is 3. The fraction of sp³-hybridized carbons (Fsp3) is 0.571. The van der Waals surface area contributed by atoms with E-state index >= 15 is 0 Å². The molecule has 106 valence electrons. The van der Waals surface area contributed by atoms with Crippen LogP contribution < -0.4 is 10.1 Å². The Hall–Kier alpha value is -0.450. The van der Waals surface area contributed by atoms with E-state index in [2.05, 4.69) is 12.2 Å². The summed E-state index contributed by atoms with van der Waals surface area (Å²) in [6.45, 7) is 4.11. The molecule has 1 aliphatic heterocycles. The quantitative estimate of drug-likeness (QED) is 0.868. The van der Waals surface area contributed by atoms with Gasteiger partial charge in [-0.3, -0.25) is 0 Å². The molecule has 0 aromatic heterocycles. The zero-order chi connectivity index (χ0) is 13.7. The molecule has 5 heteroatoms. The van der Waals surface area contributed by atoms with Gasteiger partial charge in [0.05, 0.1) is 0 Å². The molecule has 0 spiro atoms. The van der Waals surface area contributed by atoms with Gasteiger partial charge in [0.15, 0.2) is 0 Å². The van der Waals surface area contributed by atoms with Crippen LogP contribution in [0.15, 0.2) is 18.2 Å². The first-order valence-corrected chi connectivity index (χ1v) is 8.14. The second-order valence-electron chi connectivity index (χ2n) is 4.62. The van der Waals surface area contributed by atoms with E-state index < -0.39 is 5.82 Å². The molecule has 2 nitrogen and oxygen atoms in total. The van der Waals surface area contributed by atoms with E-state index in [-0.39, 0.29) is 11.1 Å². The van der Waals surface area contributed by atoms with Crippen LogP contribution in [0.4, 0.5) is 4.39 Å². The number of thioether (sulfide) groups is 1. The summed E-state index contributed by atoms with van der Waals surface area (Å²) < 4.78 is 19.4. The normalized spacial score (nSPS) is 20.5. The molecule has 0 unspecified atom stereocenters. The standard InChI is InChI=1S/C14H19ClFNOS/c1-2-19-9-13(10-6-7-17-8-10)18-12-5-3-4-11(16)14(12)15/h3-5,10,13,17H,2,6-9H2,1H3/t10-,13+/m0/s1. The van der Waals surface area contributed by atoms with Gasteiger partial charge in [-0.15, -0.1) is 0 Å². The van der Waals surface area contributed by atoms with Gasteiger partial charge in [-0.25, -0.2) is 4.39 Å². The molecule has 0 bridgehead atoms. The van der Waals surface area contributed by atoms with Gasteiger partial charge in [-0.2, -0.15) is 11.8 Å². The van der Waals surface area contributed by atoms with Crippen molar-refractivity contribution in [1.29, 1.82) is 0 Å². The third-order valence-electron chi connectivity index (χ3n) is 3.30. The van der Waals surface area contributed by atoms with Gasteiger partial charge < -0.3 is 10.1 Å². The highest BCUT2D eigenvalue weighted by Gasteiger charge is 2.27. The van der Waals surface area contributed by atoms with Crippen molar-refractivity contribution in [3.63, 3.8) is 0 Å². The molecule has 0 radical (unpaired) electrons. The van der Waals surface area contributed by atoms with Crippen LogP contribution in [0.25, 0.3) is 0 Å². The zero-order valence-corrected chi connectivity index (χ0v) is 12.6. The van der Waals surface area contributed by atoms with Crippen molar-refractivity contribution >= 4 is 23.4 Å². The fourth-order valence-electron chi connectivity index (χ4n) is 2.23. The molecule has 1 saturated heterocycles. The Balaban J connectivity index is 2.07. The summed E-state index contributed by atoms with van der Waals surface area (Å²) in [5.74, 6) is 2.46. The minimum atomic E-state index is -0.425. The molecular formula is C14H19ClFNOS. The number of benzene rings is 1. The van der Waals surface area contributed by atoms with Crippen molar-refractivity contribution in [3.8, 4) is 5.75 Å². The van der Waals surface area contributed by atoms with Gasteiger partial charge in [-0.05, 0) is 30.9 Å². The highest BCUT2D eigenvalue weighted by molar-refractivity contribution is 7.99. The van der Waals surface area contributed by atoms with E-state index in [0.29, 0.717) is 11.7 Å². The van der Waals surface area contributed by atoms with Crippen molar-refractivity contribution in [2.45, 2.75) is 19.4 Å². The summed E-state index contributed by atoms with van der Waals surface area (Å²) in [4.78, 5) is 0. The lowest BCUT2D eigenvalue weighted by Gasteiger charge is -2.24. The molecule has 2 rings (SSSR count). The van der Waals surface area contributed by atoms with E-state index in [4.69, 9.17) is 16.3 Å². The van der Waals surface area contributed by atoms with Crippen LogP contribution in [0.1, 0.15) is 13.3 Å². The predicted octanol–water partition coefficient (Wildman–Crippen LogP) is 3.59. The Bertz CT molecular complexity index is 412. The molecule has 1 heterocycles. The molecule has 0 amide bonds. The zero-order valence-electron chi connectivity index (χ0n) is 11.0. The Morgan fingerprint density at radius 1 is 1.58 bits per heavy atom. The molecule has 1 N–H and O–H groups in total. The summed E-state index contributed by atoms with van der Waals surface area (Å²) in [7, 11) is 0. The van der Waals surface area contributed by atoms with Crippen LogP contribution in [-0.2, 0) is 0 Å². The van der Waals surface area contributed by atoms with Crippen molar-refractivity contribution in [3.05, 3.63) is 29.0 Å². The highest BCUT2D eigenvalue weighted by Crippen LogP contribution is 2.30. The highest BCUT2D eigenvalue weighted by atomic mass is 35.5. The van der Waals surface area contributed by atoms with Crippen LogP contribution in [0, 0.1) is 11.7 Å². The lowest BCUT2D eigenvalue weighted by atomic mass is 10.0. The fourth-order valence-corrected chi connectivity index (χ4v) is 3.21. The monoisotopic (exact) mass is 303 g/mol. The molecule has 1 aliphatic rings. The maximum Gasteiger partial charge on any atom is 0.145 e. The maximum absolute atomic E-state index is 13.4. The Morgan fingerprint density at radius 3 is 3.11 bits per heavy atom. The molecule has 1 aromatic carbocycles. The molecule has 1 aromatic rings. The van der Waals surface area contributed by atoms with Crippen LogP contribution >= 0.6 is 23.4 Å². The molecule has 19 heavy (non-hydrogen) atoms. The van der Waals surface area contributed by atoms with E-state index in [1.54, 1.807) is 12.1 Å². The lowest BCUT2D eigenvalue weighted by molar-refractivity contribution is 0.165.